The third-order valence-electron chi connectivity index (χ3n) is 8.28. The molecular formula is C31H44FN3O5. The molecule has 0 bridgehead atoms. The summed E-state index contributed by atoms with van der Waals surface area (Å²) in [6.07, 6.45) is 6.91. The molecule has 2 aliphatic rings. The van der Waals surface area contributed by atoms with E-state index in [1.165, 1.54) is 24.3 Å². The summed E-state index contributed by atoms with van der Waals surface area (Å²) in [6, 6.07) is 4.21. The van der Waals surface area contributed by atoms with E-state index in [4.69, 9.17) is 19.2 Å². The Balaban J connectivity index is 1.29. The molecule has 40 heavy (non-hydrogen) atoms. The number of carboxylic acids is 1. The Morgan fingerprint density at radius 3 is 2.77 bits per heavy atom. The van der Waals surface area contributed by atoms with Crippen LogP contribution in [0.15, 0.2) is 18.2 Å². The first-order valence-corrected chi connectivity index (χ1v) is 14.4. The molecule has 8 nitrogen and oxygen atoms in total. The summed E-state index contributed by atoms with van der Waals surface area (Å²) >= 11 is 0. The number of methoxy groups -OCH3 is 2. The van der Waals surface area contributed by atoms with Gasteiger partial charge in [0.25, 0.3) is 0 Å². The summed E-state index contributed by atoms with van der Waals surface area (Å²) in [5, 5.41) is 13.6. The van der Waals surface area contributed by atoms with Gasteiger partial charge in [-0.1, -0.05) is 6.42 Å². The molecule has 2 atom stereocenters. The highest BCUT2D eigenvalue weighted by molar-refractivity contribution is 5.77. The number of fused-ring (bicyclic) bond motifs is 1. The van der Waals surface area contributed by atoms with Crippen molar-refractivity contribution in [3.05, 3.63) is 52.0 Å². The number of pyridine rings is 1. The molecule has 9 heteroatoms. The number of benzene rings is 1. The Hall–Kier alpha value is -2.75. The number of likely N-dealkylation sites (tertiary alicyclic amines) is 1. The lowest BCUT2D eigenvalue weighted by Gasteiger charge is -2.29. The Morgan fingerprint density at radius 2 is 2.05 bits per heavy atom. The maximum Gasteiger partial charge on any atom is 0.325 e. The van der Waals surface area contributed by atoms with Crippen molar-refractivity contribution in [2.45, 2.75) is 83.5 Å². The van der Waals surface area contributed by atoms with Gasteiger partial charge in [0, 0.05) is 44.6 Å². The van der Waals surface area contributed by atoms with E-state index in [9.17, 15) is 9.90 Å². The summed E-state index contributed by atoms with van der Waals surface area (Å²) in [5.41, 5.74) is 3.88. The Morgan fingerprint density at radius 1 is 1.25 bits per heavy atom. The fraction of sp³-hybridized carbons (Fsp3) is 0.613. The first-order chi connectivity index (χ1) is 19.1. The van der Waals surface area contributed by atoms with E-state index >= 15 is 4.39 Å². The number of unbranched alkanes of at least 4 members (excludes halogenated alkanes) is 2. The minimum absolute atomic E-state index is 0.0492. The van der Waals surface area contributed by atoms with Crippen molar-refractivity contribution in [1.82, 2.24) is 9.88 Å². The van der Waals surface area contributed by atoms with Crippen molar-refractivity contribution in [2.24, 2.45) is 0 Å². The first-order valence-electron chi connectivity index (χ1n) is 14.4. The number of hydrogen-bond donors (Lipinski definition) is 2. The lowest BCUT2D eigenvalue weighted by molar-refractivity contribution is -0.143. The minimum atomic E-state index is -1.05. The number of nitrogens with one attached hydrogen (secondary N) is 1. The van der Waals surface area contributed by atoms with Crippen LogP contribution in [0.3, 0.4) is 0 Å². The summed E-state index contributed by atoms with van der Waals surface area (Å²) in [7, 11) is 2.90. The van der Waals surface area contributed by atoms with Crippen LogP contribution in [0.4, 0.5) is 10.2 Å². The van der Waals surface area contributed by atoms with E-state index in [0.29, 0.717) is 25.3 Å². The van der Waals surface area contributed by atoms with Gasteiger partial charge in [-0.05, 0) is 94.2 Å². The van der Waals surface area contributed by atoms with Crippen molar-refractivity contribution in [3.8, 4) is 5.75 Å². The molecule has 2 N–H and O–H groups in total. The molecule has 0 spiro atoms. The van der Waals surface area contributed by atoms with Crippen molar-refractivity contribution in [2.75, 3.05) is 45.8 Å². The molecule has 1 saturated heterocycles. The monoisotopic (exact) mass is 557 g/mol. The summed E-state index contributed by atoms with van der Waals surface area (Å²) in [4.78, 5) is 19.1. The molecule has 4 rings (SSSR count). The number of aromatic nitrogens is 1. The highest BCUT2D eigenvalue weighted by atomic mass is 19.1. The largest absolute Gasteiger partial charge is 0.493 e. The van der Waals surface area contributed by atoms with Gasteiger partial charge in [0.15, 0.2) is 11.6 Å². The zero-order valence-electron chi connectivity index (χ0n) is 24.5. The number of ether oxygens (including phenoxy) is 3. The predicted octanol–water partition coefficient (Wildman–Crippen LogP) is 5.41. The smallest absolute Gasteiger partial charge is 0.325 e. The van der Waals surface area contributed by atoms with E-state index in [2.05, 4.69) is 18.3 Å². The van der Waals surface area contributed by atoms with Crippen molar-refractivity contribution >= 4 is 11.8 Å². The lowest BCUT2D eigenvalue weighted by atomic mass is 9.92. The van der Waals surface area contributed by atoms with Gasteiger partial charge in [0.1, 0.15) is 11.9 Å². The standard InChI is InChI=1S/C31H44FN3O5/c1-20-16-22(34-29-24(20)11-9-13-33-29)10-7-6-8-15-40-23-12-14-35(19-23)27(30(36)37)25-17-21(31(2,3)39-5)18-26(32)28(25)38-4/h16-18,23,27H,6-15,19H2,1-5H3,(H,33,34)(H,36,37)/t23-,27?/m1/s1. The SMILES string of the molecule is COc1c(F)cc(C(C)(C)OC)cc1C(C(=O)O)N1CC[C@@H](OCCCCCc2cc(C)c3c(n2)NCCC3)C1. The van der Waals surface area contributed by atoms with Crippen LogP contribution < -0.4 is 10.1 Å². The maximum absolute atomic E-state index is 15.0. The van der Waals surface area contributed by atoms with Crippen LogP contribution in [0, 0.1) is 12.7 Å². The third kappa shape index (κ3) is 6.93. The van der Waals surface area contributed by atoms with E-state index < -0.39 is 23.4 Å². The van der Waals surface area contributed by atoms with Crippen LogP contribution in [-0.4, -0.2) is 67.5 Å². The average molecular weight is 558 g/mol. The molecule has 1 aromatic carbocycles. The van der Waals surface area contributed by atoms with Crippen molar-refractivity contribution in [1.29, 1.82) is 0 Å². The molecule has 220 valence electrons. The van der Waals surface area contributed by atoms with Gasteiger partial charge in [0.05, 0.1) is 18.8 Å². The van der Waals surface area contributed by atoms with E-state index in [1.807, 2.05) is 18.7 Å². The topological polar surface area (TPSA) is 93.2 Å². The number of rotatable bonds is 13. The fourth-order valence-electron chi connectivity index (χ4n) is 5.77. The third-order valence-corrected chi connectivity index (χ3v) is 8.28. The molecule has 0 amide bonds. The number of carbonyl (C=O) groups is 1. The van der Waals surface area contributed by atoms with Gasteiger partial charge in [-0.25, -0.2) is 9.37 Å². The average Bonchev–Trinajstić information content (AvgIpc) is 3.38. The van der Waals surface area contributed by atoms with Gasteiger partial charge >= 0.3 is 5.97 Å². The van der Waals surface area contributed by atoms with Crippen LogP contribution in [-0.2, 0) is 32.7 Å². The second-order valence-electron chi connectivity index (χ2n) is 11.4. The molecule has 2 aromatic rings. The number of aliphatic carboxylic acids is 1. The quantitative estimate of drug-likeness (QED) is 0.316. The summed E-state index contributed by atoms with van der Waals surface area (Å²) in [6.45, 7) is 8.43. The Bertz CT molecular complexity index is 1190. The van der Waals surface area contributed by atoms with Gasteiger partial charge in [0.2, 0.25) is 0 Å². The summed E-state index contributed by atoms with van der Waals surface area (Å²) in [5.74, 6) is -0.640. The highest BCUT2D eigenvalue weighted by Gasteiger charge is 2.37. The molecular weight excluding hydrogens is 513 g/mol. The maximum atomic E-state index is 15.0. The highest BCUT2D eigenvalue weighted by Crippen LogP contribution is 2.38. The van der Waals surface area contributed by atoms with Crippen LogP contribution in [0.2, 0.25) is 0 Å². The van der Waals surface area contributed by atoms with Crippen LogP contribution in [0.5, 0.6) is 5.75 Å². The van der Waals surface area contributed by atoms with Crippen molar-refractivity contribution in [3.63, 3.8) is 0 Å². The van der Waals surface area contributed by atoms with Gasteiger partial charge < -0.3 is 24.6 Å². The van der Waals surface area contributed by atoms with Gasteiger partial charge in [-0.2, -0.15) is 0 Å². The normalized spacial score (nSPS) is 18.3. The number of nitrogens with zero attached hydrogens (tertiary/aromatic N) is 2. The van der Waals surface area contributed by atoms with Crippen LogP contribution >= 0.6 is 0 Å². The molecule has 2 aliphatic heterocycles. The predicted molar refractivity (Wildman–Crippen MR) is 153 cm³/mol. The summed E-state index contributed by atoms with van der Waals surface area (Å²) < 4.78 is 32.0. The zero-order chi connectivity index (χ0) is 28.9. The molecule has 1 fully saturated rings. The minimum Gasteiger partial charge on any atom is -0.493 e. The molecule has 0 radical (unpaired) electrons. The number of anilines is 1. The van der Waals surface area contributed by atoms with Gasteiger partial charge in [-0.15, -0.1) is 0 Å². The second kappa shape index (κ2) is 13.3. The second-order valence-corrected chi connectivity index (χ2v) is 11.4. The first kappa shape index (κ1) is 30.2. The molecule has 1 unspecified atom stereocenters. The van der Waals surface area contributed by atoms with Crippen molar-refractivity contribution < 1.29 is 28.5 Å². The number of halogens is 1. The van der Waals surface area contributed by atoms with E-state index in [1.54, 1.807) is 13.2 Å². The number of hydrogen-bond acceptors (Lipinski definition) is 7. The molecule has 1 aromatic heterocycles. The van der Waals surface area contributed by atoms with E-state index in [0.717, 1.165) is 63.0 Å². The Kier molecular flexibility index (Phi) is 10.0. The molecule has 0 saturated carbocycles. The Labute approximate surface area is 237 Å². The fourth-order valence-corrected chi connectivity index (χ4v) is 5.77. The number of carboxylic acid groups (broad SMARTS) is 1. The number of aryl methyl sites for hydroxylation is 2. The van der Waals surface area contributed by atoms with Crippen LogP contribution in [0.1, 0.15) is 79.9 Å². The molecule has 3 heterocycles. The van der Waals surface area contributed by atoms with E-state index in [-0.39, 0.29) is 17.4 Å². The van der Waals surface area contributed by atoms with Crippen LogP contribution in [0.25, 0.3) is 0 Å². The zero-order valence-corrected chi connectivity index (χ0v) is 24.5. The lowest BCUT2D eigenvalue weighted by Crippen LogP contribution is -2.34. The van der Waals surface area contributed by atoms with Gasteiger partial charge in [-0.3, -0.25) is 9.69 Å². The molecule has 0 aliphatic carbocycles.